The van der Waals surface area contributed by atoms with E-state index < -0.39 is 6.10 Å². The molecule has 0 saturated carbocycles. The first-order valence-corrected chi connectivity index (χ1v) is 6.97. The number of likely N-dealkylation sites (N-methyl/N-ethyl adjacent to an activating group) is 1. The van der Waals surface area contributed by atoms with Crippen LogP contribution < -0.4 is 10.1 Å². The zero-order valence-corrected chi connectivity index (χ0v) is 12.8. The first kappa shape index (κ1) is 16.0. The Bertz CT molecular complexity index is 396. The van der Waals surface area contributed by atoms with Crippen molar-refractivity contribution in [2.75, 3.05) is 19.7 Å². The number of hydrogen-bond donors (Lipinski definition) is 2. The Balaban J connectivity index is 2.73. The number of ether oxygens (including phenoxy) is 1. The lowest BCUT2D eigenvalue weighted by Gasteiger charge is -2.24. The molecule has 1 rings (SSSR count). The Labute approximate surface area is 117 Å². The lowest BCUT2D eigenvalue weighted by atomic mass is 9.85. The van der Waals surface area contributed by atoms with Gasteiger partial charge in [-0.05, 0) is 30.5 Å². The summed E-state index contributed by atoms with van der Waals surface area (Å²) in [5.74, 6) is 0.869. The van der Waals surface area contributed by atoms with Gasteiger partial charge in [-0.3, -0.25) is 0 Å². The van der Waals surface area contributed by atoms with Gasteiger partial charge in [0.05, 0.1) is 0 Å². The van der Waals surface area contributed by atoms with Crippen molar-refractivity contribution in [1.82, 2.24) is 5.32 Å². The van der Waals surface area contributed by atoms with Crippen LogP contribution in [0.15, 0.2) is 18.2 Å². The van der Waals surface area contributed by atoms with Crippen LogP contribution in [0.25, 0.3) is 0 Å². The minimum atomic E-state index is -0.478. The highest BCUT2D eigenvalue weighted by molar-refractivity contribution is 5.41. The van der Waals surface area contributed by atoms with Crippen molar-refractivity contribution in [1.29, 1.82) is 0 Å². The third-order valence-corrected chi connectivity index (χ3v) is 3.00. The Morgan fingerprint density at radius 1 is 1.32 bits per heavy atom. The molecule has 0 aromatic heterocycles. The Morgan fingerprint density at radius 3 is 2.58 bits per heavy atom. The van der Waals surface area contributed by atoms with Gasteiger partial charge in [-0.25, -0.2) is 0 Å². The minimum Gasteiger partial charge on any atom is -0.491 e. The molecule has 0 amide bonds. The average Bonchev–Trinajstić information content (AvgIpc) is 2.33. The Kier molecular flexibility index (Phi) is 5.83. The largest absolute Gasteiger partial charge is 0.491 e. The van der Waals surface area contributed by atoms with Crippen LogP contribution in [-0.2, 0) is 5.41 Å². The van der Waals surface area contributed by atoms with Crippen molar-refractivity contribution in [3.8, 4) is 5.75 Å². The van der Waals surface area contributed by atoms with Crippen LogP contribution in [0.2, 0.25) is 0 Å². The lowest BCUT2D eigenvalue weighted by Crippen LogP contribution is -2.31. The third-order valence-electron chi connectivity index (χ3n) is 3.00. The lowest BCUT2D eigenvalue weighted by molar-refractivity contribution is 0.106. The van der Waals surface area contributed by atoms with Crippen molar-refractivity contribution in [3.63, 3.8) is 0 Å². The van der Waals surface area contributed by atoms with Gasteiger partial charge in [-0.15, -0.1) is 0 Å². The summed E-state index contributed by atoms with van der Waals surface area (Å²) in [6.07, 6.45) is -0.478. The van der Waals surface area contributed by atoms with E-state index in [4.69, 9.17) is 4.74 Å². The van der Waals surface area contributed by atoms with Gasteiger partial charge >= 0.3 is 0 Å². The van der Waals surface area contributed by atoms with Crippen LogP contribution in [0.4, 0.5) is 0 Å². The number of nitrogens with one attached hydrogen (secondary N) is 1. The molecule has 1 aromatic rings. The van der Waals surface area contributed by atoms with Crippen LogP contribution in [0.1, 0.15) is 38.8 Å². The number of benzene rings is 1. The maximum absolute atomic E-state index is 9.80. The molecule has 1 aromatic carbocycles. The van der Waals surface area contributed by atoms with Crippen LogP contribution >= 0.6 is 0 Å². The molecule has 3 nitrogen and oxygen atoms in total. The van der Waals surface area contributed by atoms with Gasteiger partial charge in [0.2, 0.25) is 0 Å². The van der Waals surface area contributed by atoms with Gasteiger partial charge in [0.1, 0.15) is 18.5 Å². The average molecular weight is 265 g/mol. The van der Waals surface area contributed by atoms with Gasteiger partial charge in [0, 0.05) is 6.54 Å². The highest BCUT2D eigenvalue weighted by Crippen LogP contribution is 2.32. The molecule has 3 heteroatoms. The Hall–Kier alpha value is -1.06. The first-order chi connectivity index (χ1) is 8.84. The van der Waals surface area contributed by atoms with E-state index in [2.05, 4.69) is 39.1 Å². The van der Waals surface area contributed by atoms with Gasteiger partial charge in [0.25, 0.3) is 0 Å². The fourth-order valence-corrected chi connectivity index (χ4v) is 1.91. The number of hydrogen-bond acceptors (Lipinski definition) is 3. The number of rotatable bonds is 6. The summed E-state index contributed by atoms with van der Waals surface area (Å²) in [4.78, 5) is 0. The van der Waals surface area contributed by atoms with Gasteiger partial charge < -0.3 is 15.2 Å². The number of aliphatic hydroxyl groups excluding tert-OH is 1. The second-order valence-electron chi connectivity index (χ2n) is 6.02. The van der Waals surface area contributed by atoms with Crippen molar-refractivity contribution in [2.45, 2.75) is 46.1 Å². The van der Waals surface area contributed by atoms with Crippen molar-refractivity contribution >= 4 is 0 Å². The molecule has 0 aliphatic rings. The smallest absolute Gasteiger partial charge is 0.123 e. The van der Waals surface area contributed by atoms with E-state index in [1.165, 1.54) is 11.1 Å². The number of aliphatic hydroxyl groups is 1. The van der Waals surface area contributed by atoms with Crippen molar-refractivity contribution < 1.29 is 9.84 Å². The first-order valence-electron chi connectivity index (χ1n) is 6.97. The van der Waals surface area contributed by atoms with Gasteiger partial charge in [-0.2, -0.15) is 0 Å². The molecule has 1 atom stereocenters. The molecule has 19 heavy (non-hydrogen) atoms. The van der Waals surface area contributed by atoms with E-state index in [1.54, 1.807) is 0 Å². The second kappa shape index (κ2) is 6.92. The zero-order chi connectivity index (χ0) is 14.5. The maximum atomic E-state index is 9.80. The molecule has 0 radical (unpaired) electrons. The quantitative estimate of drug-likeness (QED) is 0.831. The molecule has 0 aliphatic carbocycles. The zero-order valence-electron chi connectivity index (χ0n) is 12.8. The van der Waals surface area contributed by atoms with Gasteiger partial charge in [0.15, 0.2) is 0 Å². The predicted octanol–water partition coefficient (Wildman–Crippen LogP) is 2.64. The van der Waals surface area contributed by atoms with E-state index in [0.717, 1.165) is 12.3 Å². The van der Waals surface area contributed by atoms with Crippen LogP contribution in [-0.4, -0.2) is 30.9 Å². The molecule has 0 spiro atoms. The summed E-state index contributed by atoms with van der Waals surface area (Å²) < 4.78 is 5.79. The highest BCUT2D eigenvalue weighted by Gasteiger charge is 2.19. The maximum Gasteiger partial charge on any atom is 0.123 e. The predicted molar refractivity (Wildman–Crippen MR) is 79.9 cm³/mol. The van der Waals surface area contributed by atoms with E-state index in [-0.39, 0.29) is 5.41 Å². The molecule has 0 saturated heterocycles. The van der Waals surface area contributed by atoms with E-state index >= 15 is 0 Å². The molecule has 2 N–H and O–H groups in total. The molecule has 0 aliphatic heterocycles. The highest BCUT2D eigenvalue weighted by atomic mass is 16.5. The summed E-state index contributed by atoms with van der Waals surface area (Å²) in [7, 11) is 0. The normalized spacial score (nSPS) is 13.4. The molecule has 0 heterocycles. The fourth-order valence-electron chi connectivity index (χ4n) is 1.91. The SMILES string of the molecule is CCNCC(O)COc1ccc(C)cc1C(C)(C)C. The summed E-state index contributed by atoms with van der Waals surface area (Å²) in [5, 5.41) is 12.9. The summed E-state index contributed by atoms with van der Waals surface area (Å²) in [6.45, 7) is 12.3. The van der Waals surface area contributed by atoms with E-state index in [9.17, 15) is 5.11 Å². The van der Waals surface area contributed by atoms with E-state index in [1.807, 2.05) is 19.1 Å². The molecule has 0 fully saturated rings. The molecule has 1 unspecified atom stereocenters. The van der Waals surface area contributed by atoms with Crippen LogP contribution in [0.5, 0.6) is 5.75 Å². The monoisotopic (exact) mass is 265 g/mol. The topological polar surface area (TPSA) is 41.5 Å². The minimum absolute atomic E-state index is 0.0357. The number of aryl methyl sites for hydroxylation is 1. The fraction of sp³-hybridized carbons (Fsp3) is 0.625. The van der Waals surface area contributed by atoms with Crippen molar-refractivity contribution in [2.24, 2.45) is 0 Å². The van der Waals surface area contributed by atoms with E-state index in [0.29, 0.717) is 13.2 Å². The standard InChI is InChI=1S/C16H27NO2/c1-6-17-10-13(18)11-19-15-8-7-12(2)9-14(15)16(3,4)5/h7-9,13,17-18H,6,10-11H2,1-5H3. The summed E-state index contributed by atoms with van der Waals surface area (Å²) in [6, 6.07) is 6.20. The third kappa shape index (κ3) is 5.21. The van der Waals surface area contributed by atoms with Crippen LogP contribution in [0, 0.1) is 6.92 Å². The van der Waals surface area contributed by atoms with Crippen LogP contribution in [0.3, 0.4) is 0 Å². The van der Waals surface area contributed by atoms with Gasteiger partial charge in [-0.1, -0.05) is 45.4 Å². The summed E-state index contributed by atoms with van der Waals surface area (Å²) in [5.41, 5.74) is 2.45. The second-order valence-corrected chi connectivity index (χ2v) is 6.02. The Morgan fingerprint density at radius 2 is 2.00 bits per heavy atom. The molecular formula is C16H27NO2. The molecule has 108 valence electrons. The molecular weight excluding hydrogens is 238 g/mol. The molecule has 0 bridgehead atoms. The van der Waals surface area contributed by atoms with Crippen molar-refractivity contribution in [3.05, 3.63) is 29.3 Å². The summed E-state index contributed by atoms with van der Waals surface area (Å²) >= 11 is 0.